The van der Waals surface area contributed by atoms with Gasteiger partial charge in [0, 0.05) is 0 Å². The van der Waals surface area contributed by atoms with Crippen LogP contribution in [0.3, 0.4) is 0 Å². The smallest absolute Gasteiger partial charge is 0.262 e. The van der Waals surface area contributed by atoms with Crippen molar-refractivity contribution in [1.29, 1.82) is 0 Å². The van der Waals surface area contributed by atoms with Crippen molar-refractivity contribution in [2.24, 2.45) is 11.7 Å². The molecule has 0 saturated carbocycles. The fraction of sp³-hybridized carbons (Fsp3) is 0.357. The normalized spacial score (nSPS) is 15.9. The minimum Gasteiger partial charge on any atom is -0.392 e. The van der Waals surface area contributed by atoms with E-state index in [9.17, 15) is 9.59 Å². The van der Waals surface area contributed by atoms with Gasteiger partial charge in [0.1, 0.15) is 0 Å². The lowest BCUT2D eigenvalue weighted by Crippen LogP contribution is -2.49. The van der Waals surface area contributed by atoms with Crippen LogP contribution in [0.2, 0.25) is 0 Å². The number of hydrogen-bond acceptors (Lipinski definition) is 3. The molecule has 1 heterocycles. The van der Waals surface area contributed by atoms with Crippen molar-refractivity contribution < 1.29 is 9.59 Å². The number of imide groups is 1. The number of benzene rings is 1. The van der Waals surface area contributed by atoms with Gasteiger partial charge >= 0.3 is 0 Å². The summed E-state index contributed by atoms with van der Waals surface area (Å²) < 4.78 is 0. The Labute approximate surface area is 117 Å². The zero-order valence-electron chi connectivity index (χ0n) is 11.1. The largest absolute Gasteiger partial charge is 0.392 e. The molecule has 0 aliphatic carbocycles. The lowest BCUT2D eigenvalue weighted by Gasteiger charge is -2.28. The SMILES string of the molecule is Cc1ccc2c(c1)C(=O)N(C(C(N)=S)C(C)C)C2=O. The molecule has 0 bridgehead atoms. The van der Waals surface area contributed by atoms with Gasteiger partial charge in [-0.25, -0.2) is 0 Å². The van der Waals surface area contributed by atoms with Crippen LogP contribution in [0.4, 0.5) is 0 Å². The zero-order chi connectivity index (χ0) is 14.3. The second-order valence-electron chi connectivity index (χ2n) is 5.12. The third kappa shape index (κ3) is 2.14. The summed E-state index contributed by atoms with van der Waals surface area (Å²) in [5, 5.41) is 0. The number of carbonyl (C=O) groups is 2. The number of aryl methyl sites for hydroxylation is 1. The van der Waals surface area contributed by atoms with Crippen molar-refractivity contribution in [3.63, 3.8) is 0 Å². The molecule has 1 aromatic carbocycles. The fourth-order valence-electron chi connectivity index (χ4n) is 2.38. The third-order valence-corrected chi connectivity index (χ3v) is 3.52. The van der Waals surface area contributed by atoms with Crippen LogP contribution in [0.5, 0.6) is 0 Å². The Hall–Kier alpha value is -1.75. The van der Waals surface area contributed by atoms with Crippen molar-refractivity contribution in [3.05, 3.63) is 34.9 Å². The minimum absolute atomic E-state index is 0.0131. The predicted octanol–water partition coefficient (Wildman–Crippen LogP) is 1.90. The first-order valence-electron chi connectivity index (χ1n) is 6.12. The molecule has 100 valence electrons. The highest BCUT2D eigenvalue weighted by atomic mass is 32.1. The van der Waals surface area contributed by atoms with Crippen LogP contribution >= 0.6 is 12.2 Å². The standard InChI is InChI=1S/C14H16N2O2S/c1-7(2)11(12(15)19)16-13(17)9-5-4-8(3)6-10(9)14(16)18/h4-7,11H,1-3H3,(H2,15,19). The molecule has 4 nitrogen and oxygen atoms in total. The van der Waals surface area contributed by atoms with Crippen molar-refractivity contribution in [2.75, 3.05) is 0 Å². The number of carbonyl (C=O) groups excluding carboxylic acids is 2. The fourth-order valence-corrected chi connectivity index (χ4v) is 2.76. The number of nitrogens with zero attached hydrogens (tertiary/aromatic N) is 1. The number of thiocarbonyl (C=S) groups is 1. The second-order valence-corrected chi connectivity index (χ2v) is 5.59. The average molecular weight is 276 g/mol. The van der Waals surface area contributed by atoms with Gasteiger partial charge in [0.2, 0.25) is 0 Å². The molecule has 2 amide bonds. The van der Waals surface area contributed by atoms with Crippen LogP contribution in [-0.4, -0.2) is 27.7 Å². The molecule has 1 aromatic rings. The van der Waals surface area contributed by atoms with E-state index < -0.39 is 6.04 Å². The Morgan fingerprint density at radius 1 is 1.21 bits per heavy atom. The highest BCUT2D eigenvalue weighted by Gasteiger charge is 2.42. The summed E-state index contributed by atoms with van der Waals surface area (Å²) in [7, 11) is 0. The summed E-state index contributed by atoms with van der Waals surface area (Å²) in [6.07, 6.45) is 0. The van der Waals surface area contributed by atoms with E-state index in [1.54, 1.807) is 12.1 Å². The van der Waals surface area contributed by atoms with E-state index in [0.29, 0.717) is 11.1 Å². The van der Waals surface area contributed by atoms with Crippen LogP contribution in [0, 0.1) is 12.8 Å². The number of fused-ring (bicyclic) bond motifs is 1. The van der Waals surface area contributed by atoms with Crippen molar-refractivity contribution in [2.45, 2.75) is 26.8 Å². The Kier molecular flexibility index (Phi) is 3.41. The van der Waals surface area contributed by atoms with Gasteiger partial charge in [0.15, 0.2) is 0 Å². The molecule has 2 rings (SSSR count). The van der Waals surface area contributed by atoms with Gasteiger partial charge in [-0.15, -0.1) is 0 Å². The molecule has 0 fully saturated rings. The molecular formula is C14H16N2O2S. The molecule has 5 heteroatoms. The summed E-state index contributed by atoms with van der Waals surface area (Å²) in [5.74, 6) is -0.637. The summed E-state index contributed by atoms with van der Waals surface area (Å²) >= 11 is 5.00. The molecular weight excluding hydrogens is 260 g/mol. The zero-order valence-corrected chi connectivity index (χ0v) is 12.0. The van der Waals surface area contributed by atoms with Crippen LogP contribution in [0.15, 0.2) is 18.2 Å². The van der Waals surface area contributed by atoms with E-state index >= 15 is 0 Å². The second kappa shape index (κ2) is 4.74. The highest BCUT2D eigenvalue weighted by molar-refractivity contribution is 7.80. The molecule has 1 unspecified atom stereocenters. The van der Waals surface area contributed by atoms with Gasteiger partial charge in [-0.2, -0.15) is 0 Å². The van der Waals surface area contributed by atoms with Crippen molar-refractivity contribution in [1.82, 2.24) is 4.90 Å². The molecule has 1 aliphatic rings. The van der Waals surface area contributed by atoms with Gasteiger partial charge in [-0.3, -0.25) is 14.5 Å². The molecule has 0 aromatic heterocycles. The minimum atomic E-state index is -0.539. The Balaban J connectivity index is 2.50. The number of nitrogens with two attached hydrogens (primary N) is 1. The number of hydrogen-bond donors (Lipinski definition) is 1. The monoisotopic (exact) mass is 276 g/mol. The lowest BCUT2D eigenvalue weighted by atomic mass is 10.0. The quantitative estimate of drug-likeness (QED) is 0.676. The maximum Gasteiger partial charge on any atom is 0.262 e. The Morgan fingerprint density at radius 3 is 2.32 bits per heavy atom. The summed E-state index contributed by atoms with van der Waals surface area (Å²) in [4.78, 5) is 26.1. The predicted molar refractivity (Wildman–Crippen MR) is 77.1 cm³/mol. The first-order valence-corrected chi connectivity index (χ1v) is 6.53. The van der Waals surface area contributed by atoms with E-state index in [2.05, 4.69) is 0 Å². The van der Waals surface area contributed by atoms with E-state index in [4.69, 9.17) is 18.0 Å². The van der Waals surface area contributed by atoms with Gasteiger partial charge in [0.25, 0.3) is 11.8 Å². The summed E-state index contributed by atoms with van der Waals surface area (Å²) in [6.45, 7) is 5.66. The third-order valence-electron chi connectivity index (χ3n) is 3.27. The molecule has 19 heavy (non-hydrogen) atoms. The van der Waals surface area contributed by atoms with Crippen LogP contribution in [0.1, 0.15) is 40.1 Å². The molecule has 0 spiro atoms. The first-order chi connectivity index (χ1) is 8.84. The van der Waals surface area contributed by atoms with Gasteiger partial charge in [-0.05, 0) is 25.0 Å². The molecule has 2 N–H and O–H groups in total. The maximum absolute atomic E-state index is 12.4. The van der Waals surface area contributed by atoms with Crippen LogP contribution in [-0.2, 0) is 0 Å². The Morgan fingerprint density at radius 2 is 1.79 bits per heavy atom. The first kappa shape index (κ1) is 13.7. The maximum atomic E-state index is 12.4. The number of rotatable bonds is 3. The topological polar surface area (TPSA) is 63.4 Å². The van der Waals surface area contributed by atoms with Gasteiger partial charge in [-0.1, -0.05) is 37.7 Å². The highest BCUT2D eigenvalue weighted by Crippen LogP contribution is 2.28. The van der Waals surface area contributed by atoms with E-state index in [0.717, 1.165) is 5.56 Å². The molecule has 0 saturated heterocycles. The van der Waals surface area contributed by atoms with Gasteiger partial charge in [0.05, 0.1) is 22.2 Å². The molecule has 1 atom stereocenters. The van der Waals surface area contributed by atoms with Crippen LogP contribution in [0.25, 0.3) is 0 Å². The molecule has 0 radical (unpaired) electrons. The molecule has 1 aliphatic heterocycles. The van der Waals surface area contributed by atoms with Gasteiger partial charge < -0.3 is 5.73 Å². The van der Waals surface area contributed by atoms with Crippen LogP contribution < -0.4 is 5.73 Å². The van der Waals surface area contributed by atoms with Crippen molar-refractivity contribution in [3.8, 4) is 0 Å². The van der Waals surface area contributed by atoms with E-state index in [-0.39, 0.29) is 22.7 Å². The van der Waals surface area contributed by atoms with E-state index in [1.807, 2.05) is 26.8 Å². The average Bonchev–Trinajstić information content (AvgIpc) is 2.53. The van der Waals surface area contributed by atoms with Crippen molar-refractivity contribution >= 4 is 29.0 Å². The van der Waals surface area contributed by atoms with E-state index in [1.165, 1.54) is 4.90 Å². The number of amides is 2. The lowest BCUT2D eigenvalue weighted by molar-refractivity contribution is 0.0598. The summed E-state index contributed by atoms with van der Waals surface area (Å²) in [5.41, 5.74) is 7.50. The Bertz CT molecular complexity index is 581. The summed E-state index contributed by atoms with van der Waals surface area (Å²) in [6, 6.07) is 4.69.